The molecule has 0 spiro atoms. The van der Waals surface area contributed by atoms with Gasteiger partial charge >= 0.3 is 0 Å². The molecule has 2 aliphatic heterocycles. The van der Waals surface area contributed by atoms with Crippen molar-refractivity contribution in [3.05, 3.63) is 0 Å². The molecule has 2 fully saturated rings. The van der Waals surface area contributed by atoms with Gasteiger partial charge in [-0.15, -0.1) is 0 Å². The molecule has 86 valence electrons. The first-order chi connectivity index (χ1) is 7.18. The number of likely N-dealkylation sites (tertiary alicyclic amines) is 1. The second kappa shape index (κ2) is 4.49. The highest BCUT2D eigenvalue weighted by atomic mass is 16.5. The van der Waals surface area contributed by atoms with Crippen molar-refractivity contribution in [2.75, 3.05) is 19.7 Å². The molecule has 4 heteroatoms. The maximum atomic E-state index is 12.0. The summed E-state index contributed by atoms with van der Waals surface area (Å²) in [4.78, 5) is 13.9. The standard InChI is InChI=1S/C11H20N2O2/c1-8-4-5-13(7-9(8)12)11(14)10-3-2-6-15-10/h8-10H,2-7,12H2,1H3/t8?,9?,10-/m1/s1. The number of hydrogen-bond donors (Lipinski definition) is 1. The van der Waals surface area contributed by atoms with Crippen LogP contribution in [0.25, 0.3) is 0 Å². The van der Waals surface area contributed by atoms with Gasteiger partial charge in [0, 0.05) is 25.7 Å². The van der Waals surface area contributed by atoms with E-state index in [0.717, 1.165) is 32.4 Å². The van der Waals surface area contributed by atoms with Crippen molar-refractivity contribution in [2.45, 2.75) is 38.3 Å². The van der Waals surface area contributed by atoms with Crippen LogP contribution >= 0.6 is 0 Å². The van der Waals surface area contributed by atoms with Gasteiger partial charge in [-0.1, -0.05) is 6.92 Å². The number of ether oxygens (including phenoxy) is 1. The van der Waals surface area contributed by atoms with E-state index < -0.39 is 0 Å². The predicted octanol–water partition coefficient (Wildman–Crippen LogP) is 0.361. The zero-order valence-electron chi connectivity index (χ0n) is 9.32. The van der Waals surface area contributed by atoms with Gasteiger partial charge in [0.15, 0.2) is 0 Å². The maximum absolute atomic E-state index is 12.0. The molecule has 0 aliphatic carbocycles. The van der Waals surface area contributed by atoms with Crippen molar-refractivity contribution in [3.63, 3.8) is 0 Å². The van der Waals surface area contributed by atoms with Gasteiger partial charge in [0.1, 0.15) is 6.10 Å². The van der Waals surface area contributed by atoms with Gasteiger partial charge in [0.05, 0.1) is 0 Å². The van der Waals surface area contributed by atoms with Gasteiger partial charge in [0.25, 0.3) is 5.91 Å². The molecular formula is C11H20N2O2. The lowest BCUT2D eigenvalue weighted by Crippen LogP contribution is -2.52. The summed E-state index contributed by atoms with van der Waals surface area (Å²) in [7, 11) is 0. The van der Waals surface area contributed by atoms with Crippen LogP contribution in [0.1, 0.15) is 26.2 Å². The highest BCUT2D eigenvalue weighted by Gasteiger charge is 2.32. The van der Waals surface area contributed by atoms with E-state index in [1.54, 1.807) is 0 Å². The number of carbonyl (C=O) groups excluding carboxylic acids is 1. The molecule has 2 unspecified atom stereocenters. The Bertz CT molecular complexity index is 239. The zero-order chi connectivity index (χ0) is 10.8. The summed E-state index contributed by atoms with van der Waals surface area (Å²) in [5.41, 5.74) is 5.97. The normalized spacial score (nSPS) is 36.9. The average Bonchev–Trinajstić information content (AvgIpc) is 2.74. The number of nitrogens with zero attached hydrogens (tertiary/aromatic N) is 1. The van der Waals surface area contributed by atoms with Gasteiger partial charge in [-0.05, 0) is 25.2 Å². The molecule has 4 nitrogen and oxygen atoms in total. The molecule has 2 heterocycles. The molecule has 3 atom stereocenters. The van der Waals surface area contributed by atoms with E-state index in [0.29, 0.717) is 12.5 Å². The number of carbonyl (C=O) groups is 1. The van der Waals surface area contributed by atoms with Gasteiger partial charge in [0.2, 0.25) is 0 Å². The molecule has 1 amide bonds. The lowest BCUT2D eigenvalue weighted by Gasteiger charge is -2.36. The Morgan fingerprint density at radius 3 is 2.87 bits per heavy atom. The fourth-order valence-corrected chi connectivity index (χ4v) is 2.28. The second-order valence-corrected chi connectivity index (χ2v) is 4.72. The summed E-state index contributed by atoms with van der Waals surface area (Å²) in [6.07, 6.45) is 2.71. The summed E-state index contributed by atoms with van der Waals surface area (Å²) in [5.74, 6) is 0.674. The average molecular weight is 212 g/mol. The minimum Gasteiger partial charge on any atom is -0.368 e. The van der Waals surface area contributed by atoms with Crippen LogP contribution in [0, 0.1) is 5.92 Å². The highest BCUT2D eigenvalue weighted by Crippen LogP contribution is 2.20. The topological polar surface area (TPSA) is 55.6 Å². The first-order valence-electron chi connectivity index (χ1n) is 5.84. The van der Waals surface area contributed by atoms with E-state index >= 15 is 0 Å². The number of nitrogens with two attached hydrogens (primary N) is 1. The lowest BCUT2D eigenvalue weighted by molar-refractivity contribution is -0.142. The van der Waals surface area contributed by atoms with E-state index in [2.05, 4.69) is 6.92 Å². The Morgan fingerprint density at radius 2 is 2.27 bits per heavy atom. The number of rotatable bonds is 1. The summed E-state index contributed by atoms with van der Waals surface area (Å²) in [6.45, 7) is 4.42. The number of piperidine rings is 1. The Balaban J connectivity index is 1.90. The Hall–Kier alpha value is -0.610. The molecule has 0 aromatic carbocycles. The molecule has 15 heavy (non-hydrogen) atoms. The van der Waals surface area contributed by atoms with Crippen molar-refractivity contribution in [2.24, 2.45) is 11.7 Å². The van der Waals surface area contributed by atoms with Crippen LogP contribution < -0.4 is 5.73 Å². The van der Waals surface area contributed by atoms with Gasteiger partial charge in [-0.25, -0.2) is 0 Å². The third kappa shape index (κ3) is 2.32. The van der Waals surface area contributed by atoms with Crippen molar-refractivity contribution in [3.8, 4) is 0 Å². The van der Waals surface area contributed by atoms with Crippen molar-refractivity contribution >= 4 is 5.91 Å². The molecule has 0 saturated carbocycles. The van der Waals surface area contributed by atoms with Crippen LogP contribution in [0.4, 0.5) is 0 Å². The van der Waals surface area contributed by atoms with Crippen LogP contribution in [0.3, 0.4) is 0 Å². The zero-order valence-corrected chi connectivity index (χ0v) is 9.32. The Morgan fingerprint density at radius 1 is 1.47 bits per heavy atom. The largest absolute Gasteiger partial charge is 0.368 e. The third-order valence-corrected chi connectivity index (χ3v) is 3.53. The van der Waals surface area contributed by atoms with Crippen LogP contribution in [0.5, 0.6) is 0 Å². The van der Waals surface area contributed by atoms with Crippen molar-refractivity contribution < 1.29 is 9.53 Å². The summed E-state index contributed by atoms with van der Waals surface area (Å²) in [5, 5.41) is 0. The molecule has 2 rings (SSSR count). The minimum atomic E-state index is -0.189. The quantitative estimate of drug-likeness (QED) is 0.683. The number of hydrogen-bond acceptors (Lipinski definition) is 3. The smallest absolute Gasteiger partial charge is 0.251 e. The first-order valence-corrected chi connectivity index (χ1v) is 5.84. The molecule has 0 aromatic heterocycles. The van der Waals surface area contributed by atoms with Crippen LogP contribution in [-0.4, -0.2) is 42.6 Å². The summed E-state index contributed by atoms with van der Waals surface area (Å²) in [6, 6.07) is 0.129. The van der Waals surface area contributed by atoms with Crippen LogP contribution in [0.15, 0.2) is 0 Å². The van der Waals surface area contributed by atoms with Gasteiger partial charge in [-0.3, -0.25) is 4.79 Å². The van der Waals surface area contributed by atoms with Crippen molar-refractivity contribution in [1.82, 2.24) is 4.90 Å². The van der Waals surface area contributed by atoms with E-state index in [1.165, 1.54) is 0 Å². The molecule has 0 radical (unpaired) electrons. The SMILES string of the molecule is CC1CCN(C(=O)[C@H]2CCCO2)CC1N. The maximum Gasteiger partial charge on any atom is 0.251 e. The highest BCUT2D eigenvalue weighted by molar-refractivity contribution is 5.81. The van der Waals surface area contributed by atoms with E-state index in [4.69, 9.17) is 10.5 Å². The fraction of sp³-hybridized carbons (Fsp3) is 0.909. The van der Waals surface area contributed by atoms with E-state index in [1.807, 2.05) is 4.90 Å². The van der Waals surface area contributed by atoms with E-state index in [-0.39, 0.29) is 18.1 Å². The molecule has 0 bridgehead atoms. The second-order valence-electron chi connectivity index (χ2n) is 4.72. The van der Waals surface area contributed by atoms with Crippen molar-refractivity contribution in [1.29, 1.82) is 0 Å². The molecular weight excluding hydrogens is 192 g/mol. The minimum absolute atomic E-state index is 0.129. The summed E-state index contributed by atoms with van der Waals surface area (Å²) < 4.78 is 5.40. The molecule has 0 aromatic rings. The first kappa shape index (κ1) is 10.9. The Labute approximate surface area is 90.8 Å². The molecule has 2 saturated heterocycles. The third-order valence-electron chi connectivity index (χ3n) is 3.53. The van der Waals surface area contributed by atoms with Crippen LogP contribution in [-0.2, 0) is 9.53 Å². The lowest BCUT2D eigenvalue weighted by atomic mass is 9.94. The van der Waals surface area contributed by atoms with Gasteiger partial charge in [-0.2, -0.15) is 0 Å². The summed E-state index contributed by atoms with van der Waals surface area (Å²) >= 11 is 0. The molecule has 2 aliphatic rings. The monoisotopic (exact) mass is 212 g/mol. The number of amides is 1. The van der Waals surface area contributed by atoms with Gasteiger partial charge < -0.3 is 15.4 Å². The predicted molar refractivity (Wildman–Crippen MR) is 57.3 cm³/mol. The Kier molecular flexibility index (Phi) is 3.26. The molecule has 2 N–H and O–H groups in total. The van der Waals surface area contributed by atoms with Crippen LogP contribution in [0.2, 0.25) is 0 Å². The fourth-order valence-electron chi connectivity index (χ4n) is 2.28. The van der Waals surface area contributed by atoms with E-state index in [9.17, 15) is 4.79 Å².